The summed E-state index contributed by atoms with van der Waals surface area (Å²) in [7, 11) is 0. The molecule has 22 heavy (non-hydrogen) atoms. The number of hydrogen-bond acceptors (Lipinski definition) is 4. The van der Waals surface area contributed by atoms with Gasteiger partial charge >= 0.3 is 0 Å². The molecule has 0 radical (unpaired) electrons. The number of ether oxygens (including phenoxy) is 1. The second-order valence-electron chi connectivity index (χ2n) is 5.34. The van der Waals surface area contributed by atoms with Crippen molar-refractivity contribution in [2.75, 3.05) is 5.32 Å². The lowest BCUT2D eigenvalue weighted by molar-refractivity contribution is -0.120. The number of anilines is 1. The lowest BCUT2D eigenvalue weighted by Gasteiger charge is -2.13. The number of carbonyl (C=O) groups excluding carboxylic acids is 1. The Hall–Kier alpha value is -1.85. The topological polar surface area (TPSA) is 64.1 Å². The highest BCUT2D eigenvalue weighted by Crippen LogP contribution is 2.64. The molecule has 0 saturated heterocycles. The standard InChI is InChI=1S/C15H13Cl2N3O2/c1-14(9-15(14,16)17)13(21)20-10-2-4-11(5-3-10)22-12-8-18-6-7-19-12/h2-8H,9H2,1H3,(H,20,21)/t14-/m1/s1. The van der Waals surface area contributed by atoms with Crippen molar-refractivity contribution in [1.29, 1.82) is 0 Å². The van der Waals surface area contributed by atoms with Crippen molar-refractivity contribution in [3.63, 3.8) is 0 Å². The molecule has 0 aliphatic heterocycles. The first-order valence-electron chi connectivity index (χ1n) is 6.64. The summed E-state index contributed by atoms with van der Waals surface area (Å²) in [5.41, 5.74) is -0.0981. The molecule has 3 rings (SSSR count). The van der Waals surface area contributed by atoms with E-state index in [4.69, 9.17) is 27.9 Å². The van der Waals surface area contributed by atoms with E-state index >= 15 is 0 Å². The summed E-state index contributed by atoms with van der Waals surface area (Å²) < 4.78 is 4.54. The normalized spacial score (nSPS) is 22.0. The van der Waals surface area contributed by atoms with Crippen LogP contribution >= 0.6 is 23.2 Å². The SMILES string of the molecule is C[C@]1(C(=O)Nc2ccc(Oc3cnccn3)cc2)CC1(Cl)Cl. The van der Waals surface area contributed by atoms with Crippen LogP contribution in [0.1, 0.15) is 13.3 Å². The third-order valence-corrected chi connectivity index (χ3v) is 4.73. The Bertz CT molecular complexity index is 692. The Morgan fingerprint density at radius 2 is 1.95 bits per heavy atom. The Labute approximate surface area is 137 Å². The number of alkyl halides is 2. The molecule has 1 heterocycles. The maximum atomic E-state index is 12.2. The second kappa shape index (κ2) is 5.41. The van der Waals surface area contributed by atoms with Crippen molar-refractivity contribution in [2.45, 2.75) is 17.7 Å². The maximum Gasteiger partial charge on any atom is 0.237 e. The highest BCUT2D eigenvalue weighted by Gasteiger charge is 2.67. The number of amides is 1. The number of hydrogen-bond donors (Lipinski definition) is 1. The minimum atomic E-state index is -0.980. The first-order chi connectivity index (χ1) is 10.4. The van der Waals surface area contributed by atoms with Crippen LogP contribution in [0.3, 0.4) is 0 Å². The molecular formula is C15H13Cl2N3O2. The molecule has 5 nitrogen and oxygen atoms in total. The maximum absolute atomic E-state index is 12.2. The van der Waals surface area contributed by atoms with E-state index < -0.39 is 9.75 Å². The summed E-state index contributed by atoms with van der Waals surface area (Å²) in [5.74, 6) is 0.805. The Morgan fingerprint density at radius 1 is 1.27 bits per heavy atom. The molecule has 1 aliphatic rings. The first kappa shape index (κ1) is 15.1. The van der Waals surface area contributed by atoms with Gasteiger partial charge in [0.25, 0.3) is 0 Å². The minimum absolute atomic E-state index is 0.194. The fourth-order valence-electron chi connectivity index (χ4n) is 1.98. The predicted octanol–water partition coefficient (Wildman–Crippen LogP) is 3.79. The molecule has 0 bridgehead atoms. The smallest absolute Gasteiger partial charge is 0.237 e. The molecule has 1 N–H and O–H groups in total. The van der Waals surface area contributed by atoms with Gasteiger partial charge in [0, 0.05) is 18.1 Å². The Balaban J connectivity index is 1.64. The fraction of sp³-hybridized carbons (Fsp3) is 0.267. The van der Waals surface area contributed by atoms with Crippen LogP contribution in [0.4, 0.5) is 5.69 Å². The molecule has 1 fully saturated rings. The predicted molar refractivity (Wildman–Crippen MR) is 84.3 cm³/mol. The van der Waals surface area contributed by atoms with Gasteiger partial charge in [-0.2, -0.15) is 0 Å². The number of nitrogens with zero attached hydrogens (tertiary/aromatic N) is 2. The van der Waals surface area contributed by atoms with E-state index in [1.807, 2.05) is 0 Å². The largest absolute Gasteiger partial charge is 0.438 e. The van der Waals surface area contributed by atoms with Gasteiger partial charge in [0.1, 0.15) is 10.1 Å². The monoisotopic (exact) mass is 337 g/mol. The van der Waals surface area contributed by atoms with Crippen molar-refractivity contribution >= 4 is 34.8 Å². The molecule has 0 spiro atoms. The average molecular weight is 338 g/mol. The van der Waals surface area contributed by atoms with Gasteiger partial charge in [-0.15, -0.1) is 23.2 Å². The van der Waals surface area contributed by atoms with E-state index in [1.54, 1.807) is 43.6 Å². The number of nitrogens with one attached hydrogen (secondary N) is 1. The highest BCUT2D eigenvalue weighted by molar-refractivity contribution is 6.53. The molecule has 7 heteroatoms. The number of rotatable bonds is 4. The van der Waals surface area contributed by atoms with Gasteiger partial charge in [-0.05, 0) is 37.6 Å². The average Bonchev–Trinajstić information content (AvgIpc) is 3.02. The minimum Gasteiger partial charge on any atom is -0.438 e. The number of benzene rings is 1. The van der Waals surface area contributed by atoms with E-state index in [9.17, 15) is 4.79 Å². The van der Waals surface area contributed by atoms with Gasteiger partial charge in [-0.3, -0.25) is 9.78 Å². The molecule has 1 aromatic carbocycles. The summed E-state index contributed by atoms with van der Waals surface area (Å²) >= 11 is 12.0. The molecular weight excluding hydrogens is 325 g/mol. The Morgan fingerprint density at radius 3 is 2.50 bits per heavy atom. The quantitative estimate of drug-likeness (QED) is 0.862. The second-order valence-corrected chi connectivity index (χ2v) is 6.82. The molecule has 114 valence electrons. The van der Waals surface area contributed by atoms with E-state index in [0.29, 0.717) is 23.7 Å². The van der Waals surface area contributed by atoms with Gasteiger partial charge in [0.15, 0.2) is 0 Å². The zero-order valence-electron chi connectivity index (χ0n) is 11.7. The number of halogens is 2. The van der Waals surface area contributed by atoms with Crippen molar-refractivity contribution < 1.29 is 9.53 Å². The molecule has 2 aromatic rings. The van der Waals surface area contributed by atoms with Crippen molar-refractivity contribution in [1.82, 2.24) is 9.97 Å². The summed E-state index contributed by atoms with van der Waals surface area (Å²) in [5, 5.41) is 2.80. The summed E-state index contributed by atoms with van der Waals surface area (Å²) in [6, 6.07) is 6.93. The van der Waals surface area contributed by atoms with Crippen LogP contribution in [0.5, 0.6) is 11.6 Å². The summed E-state index contributed by atoms with van der Waals surface area (Å²) in [6.07, 6.45) is 5.08. The lowest BCUT2D eigenvalue weighted by Crippen LogP contribution is -2.25. The lowest BCUT2D eigenvalue weighted by atomic mass is 10.1. The van der Waals surface area contributed by atoms with Crippen LogP contribution in [-0.2, 0) is 4.79 Å². The fourth-order valence-corrected chi connectivity index (χ4v) is 2.69. The summed E-state index contributed by atoms with van der Waals surface area (Å²) in [6.45, 7) is 1.74. The molecule has 0 unspecified atom stereocenters. The van der Waals surface area contributed by atoms with Gasteiger partial charge in [-0.1, -0.05) is 0 Å². The molecule has 1 aliphatic carbocycles. The van der Waals surface area contributed by atoms with Crippen molar-refractivity contribution in [2.24, 2.45) is 5.41 Å². The van der Waals surface area contributed by atoms with E-state index in [-0.39, 0.29) is 5.91 Å². The summed E-state index contributed by atoms with van der Waals surface area (Å²) in [4.78, 5) is 20.1. The van der Waals surface area contributed by atoms with Gasteiger partial charge in [0.2, 0.25) is 11.8 Å². The van der Waals surface area contributed by atoms with E-state index in [0.717, 1.165) is 0 Å². The van der Waals surface area contributed by atoms with Crippen LogP contribution in [0.2, 0.25) is 0 Å². The van der Waals surface area contributed by atoms with E-state index in [1.165, 1.54) is 6.20 Å². The van der Waals surface area contributed by atoms with Crippen molar-refractivity contribution in [3.8, 4) is 11.6 Å². The van der Waals surface area contributed by atoms with Crippen LogP contribution in [0.25, 0.3) is 0 Å². The van der Waals surface area contributed by atoms with Crippen LogP contribution in [-0.4, -0.2) is 20.2 Å². The van der Waals surface area contributed by atoms with Gasteiger partial charge < -0.3 is 10.1 Å². The highest BCUT2D eigenvalue weighted by atomic mass is 35.5. The Kier molecular flexibility index (Phi) is 3.70. The zero-order valence-corrected chi connectivity index (χ0v) is 13.2. The third-order valence-electron chi connectivity index (χ3n) is 3.63. The van der Waals surface area contributed by atoms with E-state index in [2.05, 4.69) is 15.3 Å². The van der Waals surface area contributed by atoms with Crippen LogP contribution in [0, 0.1) is 5.41 Å². The molecule has 1 atom stereocenters. The molecule has 1 aromatic heterocycles. The van der Waals surface area contributed by atoms with Gasteiger partial charge in [0.05, 0.1) is 11.6 Å². The first-order valence-corrected chi connectivity index (χ1v) is 7.39. The molecule has 1 amide bonds. The van der Waals surface area contributed by atoms with Crippen molar-refractivity contribution in [3.05, 3.63) is 42.9 Å². The zero-order chi connectivity index (χ0) is 15.8. The third kappa shape index (κ3) is 2.87. The number of carbonyl (C=O) groups is 1. The molecule has 1 saturated carbocycles. The van der Waals surface area contributed by atoms with Crippen LogP contribution in [0.15, 0.2) is 42.9 Å². The van der Waals surface area contributed by atoms with Crippen LogP contribution < -0.4 is 10.1 Å². The van der Waals surface area contributed by atoms with Gasteiger partial charge in [-0.25, -0.2) is 4.98 Å². The number of aromatic nitrogens is 2.